The van der Waals surface area contributed by atoms with E-state index in [0.29, 0.717) is 0 Å². The molecular formula is C35H35NO5S2. The molecule has 2 fully saturated rings. The van der Waals surface area contributed by atoms with Gasteiger partial charge in [-0.05, 0) is 67.1 Å². The zero-order chi connectivity index (χ0) is 30.4. The van der Waals surface area contributed by atoms with Crippen LogP contribution in [0.1, 0.15) is 47.1 Å². The quantitative estimate of drug-likeness (QED) is 0.256. The van der Waals surface area contributed by atoms with Crippen LogP contribution >= 0.6 is 0 Å². The summed E-state index contributed by atoms with van der Waals surface area (Å²) in [6, 6.07) is 31.7. The maximum Gasteiger partial charge on any atom is 0.243 e. The summed E-state index contributed by atoms with van der Waals surface area (Å²) in [7, 11) is -7.91. The fourth-order valence-electron chi connectivity index (χ4n) is 6.97. The number of sulfonamides is 1. The molecule has 6 rings (SSSR count). The van der Waals surface area contributed by atoms with Crippen molar-refractivity contribution >= 4 is 25.6 Å². The van der Waals surface area contributed by atoms with E-state index in [-0.39, 0.29) is 35.0 Å². The Hall–Kier alpha value is -3.59. The van der Waals surface area contributed by atoms with Gasteiger partial charge in [0.25, 0.3) is 0 Å². The normalized spacial score (nSPS) is 24.8. The van der Waals surface area contributed by atoms with E-state index in [1.807, 2.05) is 80.6 Å². The lowest BCUT2D eigenvalue weighted by Gasteiger charge is -2.49. The number of rotatable bonds is 6. The molecule has 0 N–H and O–H groups in total. The van der Waals surface area contributed by atoms with E-state index in [1.54, 1.807) is 42.5 Å². The lowest BCUT2D eigenvalue weighted by atomic mass is 9.66. The average Bonchev–Trinajstić information content (AvgIpc) is 3.01. The zero-order valence-electron chi connectivity index (χ0n) is 24.2. The van der Waals surface area contributed by atoms with Crippen LogP contribution in [0.3, 0.4) is 0 Å². The second-order valence-corrected chi connectivity index (χ2v) is 15.8. The number of sulfone groups is 1. The third-order valence-electron chi connectivity index (χ3n) is 9.11. The topological polar surface area (TPSA) is 88.6 Å². The fraction of sp³-hybridized carbons (Fsp3) is 0.286. The molecule has 1 heterocycles. The second-order valence-electron chi connectivity index (χ2n) is 11.8. The van der Waals surface area contributed by atoms with Gasteiger partial charge in [-0.1, -0.05) is 90.5 Å². The number of fused-ring (bicyclic) bond motifs is 1. The first kappa shape index (κ1) is 29.5. The minimum Gasteiger partial charge on any atom is -0.299 e. The van der Waals surface area contributed by atoms with Crippen molar-refractivity contribution < 1.29 is 21.6 Å². The highest BCUT2D eigenvalue weighted by atomic mass is 32.2. The summed E-state index contributed by atoms with van der Waals surface area (Å²) in [6.45, 7) is 3.69. The second kappa shape index (κ2) is 11.5. The van der Waals surface area contributed by atoms with Crippen LogP contribution in [0.2, 0.25) is 0 Å². The summed E-state index contributed by atoms with van der Waals surface area (Å²) in [5, 5.41) is -0.894. The van der Waals surface area contributed by atoms with Crippen LogP contribution in [-0.4, -0.2) is 38.7 Å². The number of aryl methyl sites for hydroxylation is 2. The fourth-order valence-corrected chi connectivity index (χ4v) is 11.0. The number of carbonyl (C=O) groups is 1. The van der Waals surface area contributed by atoms with Gasteiger partial charge >= 0.3 is 0 Å². The van der Waals surface area contributed by atoms with E-state index in [0.717, 1.165) is 22.3 Å². The minimum absolute atomic E-state index is 0.0370. The van der Waals surface area contributed by atoms with Gasteiger partial charge in [-0.15, -0.1) is 0 Å². The van der Waals surface area contributed by atoms with Gasteiger partial charge in [0.15, 0.2) is 9.84 Å². The number of nitrogens with zero attached hydrogens (tertiary/aromatic N) is 1. The van der Waals surface area contributed by atoms with E-state index in [1.165, 1.54) is 4.31 Å². The van der Waals surface area contributed by atoms with Crippen LogP contribution < -0.4 is 0 Å². The third kappa shape index (κ3) is 5.48. The molecule has 0 spiro atoms. The summed E-state index contributed by atoms with van der Waals surface area (Å²) in [5.41, 5.74) is 3.36. The number of Topliss-reactive ketones (excluding diaryl/α,β-unsaturated/α-hetero) is 1. The SMILES string of the molecule is Cc1ccc(S(=O)(=O)N2C[C@H]3C(=O)CC(c4ccccc4)C(S(=O)(=O)c4cccc(C)c4)[C@H]3CC2c2ccccc2)cc1. The maximum absolute atomic E-state index is 14.6. The van der Waals surface area contributed by atoms with Gasteiger partial charge in [0.05, 0.1) is 21.1 Å². The molecular weight excluding hydrogens is 579 g/mol. The molecule has 43 heavy (non-hydrogen) atoms. The van der Waals surface area contributed by atoms with E-state index in [2.05, 4.69) is 0 Å². The zero-order valence-corrected chi connectivity index (χ0v) is 25.8. The van der Waals surface area contributed by atoms with Crippen molar-refractivity contribution in [2.24, 2.45) is 11.8 Å². The number of hydrogen-bond donors (Lipinski definition) is 0. The molecule has 3 unspecified atom stereocenters. The van der Waals surface area contributed by atoms with Crippen molar-refractivity contribution in [3.05, 3.63) is 131 Å². The molecule has 0 amide bonds. The van der Waals surface area contributed by atoms with Gasteiger partial charge in [0.2, 0.25) is 10.0 Å². The largest absolute Gasteiger partial charge is 0.299 e. The Bertz CT molecular complexity index is 1840. The number of benzene rings is 4. The highest BCUT2D eigenvalue weighted by Gasteiger charge is 2.55. The Morgan fingerprint density at radius 1 is 0.651 bits per heavy atom. The standard InChI is InChI=1S/C35H35NO5S2/c1-24-16-18-28(19-17-24)43(40,41)36-23-32-31(21-33(36)27-13-7-4-8-14-27)35(42(38,39)29-15-9-10-25(2)20-29)30(22-34(32)37)26-11-5-3-6-12-26/h3-20,30-33,35H,21-23H2,1-2H3/t30?,31-,32+,33?,35?/m0/s1. The third-order valence-corrected chi connectivity index (χ3v) is 13.3. The van der Waals surface area contributed by atoms with Gasteiger partial charge in [0.1, 0.15) is 5.78 Å². The predicted octanol–water partition coefficient (Wildman–Crippen LogP) is 6.27. The van der Waals surface area contributed by atoms with Gasteiger partial charge in [-0.2, -0.15) is 4.31 Å². The molecule has 0 radical (unpaired) electrons. The van der Waals surface area contributed by atoms with Crippen LogP contribution in [0.15, 0.2) is 119 Å². The molecule has 1 saturated carbocycles. The Kier molecular flexibility index (Phi) is 7.87. The summed E-state index contributed by atoms with van der Waals surface area (Å²) in [4.78, 5) is 14.3. The highest BCUT2D eigenvalue weighted by Crippen LogP contribution is 2.51. The van der Waals surface area contributed by atoms with Crippen LogP contribution in [0.4, 0.5) is 0 Å². The van der Waals surface area contributed by atoms with Crippen molar-refractivity contribution in [2.75, 3.05) is 6.54 Å². The molecule has 6 nitrogen and oxygen atoms in total. The molecule has 0 bridgehead atoms. The first-order chi connectivity index (χ1) is 20.6. The molecule has 0 aromatic heterocycles. The minimum atomic E-state index is -3.99. The number of ketones is 1. The average molecular weight is 614 g/mol. The monoisotopic (exact) mass is 613 g/mol. The van der Waals surface area contributed by atoms with Crippen molar-refractivity contribution in [2.45, 2.75) is 53.7 Å². The number of hydrogen-bond acceptors (Lipinski definition) is 5. The molecule has 8 heteroatoms. The lowest BCUT2D eigenvalue weighted by Crippen LogP contribution is -2.56. The molecule has 4 aromatic carbocycles. The number of carbonyl (C=O) groups excluding carboxylic acids is 1. The highest BCUT2D eigenvalue weighted by molar-refractivity contribution is 7.92. The molecule has 2 aliphatic rings. The van der Waals surface area contributed by atoms with Crippen molar-refractivity contribution in [1.82, 2.24) is 4.31 Å². The predicted molar refractivity (Wildman–Crippen MR) is 167 cm³/mol. The first-order valence-electron chi connectivity index (χ1n) is 14.6. The van der Waals surface area contributed by atoms with E-state index < -0.39 is 48.9 Å². The van der Waals surface area contributed by atoms with Gasteiger partial charge in [-0.25, -0.2) is 16.8 Å². The molecule has 222 valence electrons. The van der Waals surface area contributed by atoms with Crippen LogP contribution in [0.25, 0.3) is 0 Å². The first-order valence-corrected chi connectivity index (χ1v) is 17.6. The van der Waals surface area contributed by atoms with Crippen molar-refractivity contribution in [1.29, 1.82) is 0 Å². The molecule has 4 aromatic rings. The lowest BCUT2D eigenvalue weighted by molar-refractivity contribution is -0.129. The summed E-state index contributed by atoms with van der Waals surface area (Å²) in [5.74, 6) is -1.96. The molecule has 1 aliphatic heterocycles. The molecule has 1 saturated heterocycles. The molecule has 5 atom stereocenters. The van der Waals surface area contributed by atoms with Crippen molar-refractivity contribution in [3.8, 4) is 0 Å². The van der Waals surface area contributed by atoms with E-state index in [4.69, 9.17) is 0 Å². The maximum atomic E-state index is 14.6. The van der Waals surface area contributed by atoms with Crippen LogP contribution in [-0.2, 0) is 24.7 Å². The Morgan fingerprint density at radius 3 is 1.91 bits per heavy atom. The van der Waals surface area contributed by atoms with E-state index in [9.17, 15) is 21.6 Å². The summed E-state index contributed by atoms with van der Waals surface area (Å²) >= 11 is 0. The van der Waals surface area contributed by atoms with E-state index >= 15 is 0 Å². The van der Waals surface area contributed by atoms with Gasteiger partial charge in [-0.3, -0.25) is 4.79 Å². The smallest absolute Gasteiger partial charge is 0.243 e. The van der Waals surface area contributed by atoms with Crippen LogP contribution in [0, 0.1) is 25.7 Å². The van der Waals surface area contributed by atoms with Crippen LogP contribution in [0.5, 0.6) is 0 Å². The Labute approximate surface area is 254 Å². The Morgan fingerprint density at radius 2 is 1.28 bits per heavy atom. The summed E-state index contributed by atoms with van der Waals surface area (Å²) < 4.78 is 59.0. The van der Waals surface area contributed by atoms with Crippen molar-refractivity contribution in [3.63, 3.8) is 0 Å². The van der Waals surface area contributed by atoms with Gasteiger partial charge in [0, 0.05) is 24.8 Å². The molecule has 1 aliphatic carbocycles. The summed E-state index contributed by atoms with van der Waals surface area (Å²) in [6.07, 6.45) is 0.250. The van der Waals surface area contributed by atoms with Gasteiger partial charge < -0.3 is 0 Å². The Balaban J connectivity index is 1.50. The number of piperidine rings is 1.